The molecule has 110 valence electrons. The molecule has 0 aliphatic heterocycles. The average Bonchev–Trinajstić information content (AvgIpc) is 2.51. The van der Waals surface area contributed by atoms with Crippen LogP contribution in [0.25, 0.3) is 11.0 Å². The fourth-order valence-corrected chi connectivity index (χ4v) is 2.37. The lowest BCUT2D eigenvalue weighted by atomic mass is 10.2. The second-order valence-corrected chi connectivity index (χ2v) is 5.21. The molecule has 2 aromatic carbocycles. The highest BCUT2D eigenvalue weighted by atomic mass is 35.5. The van der Waals surface area contributed by atoms with Gasteiger partial charge in [0.2, 0.25) is 0 Å². The molecule has 22 heavy (non-hydrogen) atoms. The molecular weight excluding hydrogens is 302 g/mol. The van der Waals surface area contributed by atoms with Crippen molar-refractivity contribution in [3.63, 3.8) is 0 Å². The molecule has 3 aromatic rings. The number of hydrogen-bond acceptors (Lipinski definition) is 3. The second-order valence-electron chi connectivity index (χ2n) is 4.78. The van der Waals surface area contributed by atoms with Gasteiger partial charge < -0.3 is 9.88 Å². The first kappa shape index (κ1) is 14.3. The van der Waals surface area contributed by atoms with Crippen molar-refractivity contribution >= 4 is 34.2 Å². The van der Waals surface area contributed by atoms with E-state index in [-0.39, 0.29) is 5.69 Å². The molecule has 6 heteroatoms. The number of benzene rings is 2. The van der Waals surface area contributed by atoms with Gasteiger partial charge in [0.1, 0.15) is 0 Å². The van der Waals surface area contributed by atoms with Crippen molar-refractivity contribution in [2.75, 3.05) is 5.32 Å². The summed E-state index contributed by atoms with van der Waals surface area (Å²) in [6, 6.07) is 13.9. The number of amides is 1. The van der Waals surface area contributed by atoms with Crippen LogP contribution in [0.15, 0.2) is 53.3 Å². The van der Waals surface area contributed by atoms with Gasteiger partial charge in [-0.25, -0.2) is 4.98 Å². The lowest BCUT2D eigenvalue weighted by Gasteiger charge is -2.08. The Morgan fingerprint density at radius 2 is 1.95 bits per heavy atom. The summed E-state index contributed by atoms with van der Waals surface area (Å²) in [6.45, 7) is 0. The zero-order chi connectivity index (χ0) is 15.7. The van der Waals surface area contributed by atoms with Crippen molar-refractivity contribution in [2.24, 2.45) is 7.05 Å². The van der Waals surface area contributed by atoms with Gasteiger partial charge in [0, 0.05) is 17.8 Å². The molecule has 3 rings (SSSR count). The lowest BCUT2D eigenvalue weighted by molar-refractivity contribution is 0.102. The van der Waals surface area contributed by atoms with Gasteiger partial charge in [-0.1, -0.05) is 29.8 Å². The number of anilines is 1. The van der Waals surface area contributed by atoms with Crippen molar-refractivity contribution in [3.8, 4) is 0 Å². The molecule has 0 radical (unpaired) electrons. The number of fused-ring (bicyclic) bond motifs is 1. The summed E-state index contributed by atoms with van der Waals surface area (Å²) in [5.74, 6) is -0.561. The number of hydrogen-bond donors (Lipinski definition) is 1. The summed E-state index contributed by atoms with van der Waals surface area (Å²) in [5, 5.41) is 3.13. The molecule has 1 amide bonds. The molecule has 1 aromatic heterocycles. The van der Waals surface area contributed by atoms with Crippen LogP contribution in [0, 0.1) is 0 Å². The molecule has 1 heterocycles. The third kappa shape index (κ3) is 2.58. The van der Waals surface area contributed by atoms with Crippen LogP contribution >= 0.6 is 11.6 Å². The predicted molar refractivity (Wildman–Crippen MR) is 86.4 cm³/mol. The zero-order valence-corrected chi connectivity index (χ0v) is 12.5. The van der Waals surface area contributed by atoms with Gasteiger partial charge in [-0.05, 0) is 30.3 Å². The van der Waals surface area contributed by atoms with Crippen LogP contribution in [0.3, 0.4) is 0 Å². The average molecular weight is 314 g/mol. The number of rotatable bonds is 2. The monoisotopic (exact) mass is 313 g/mol. The predicted octanol–water partition coefficient (Wildman–Crippen LogP) is 2.84. The van der Waals surface area contributed by atoms with Crippen LogP contribution < -0.4 is 10.9 Å². The van der Waals surface area contributed by atoms with Crippen LogP contribution in [-0.4, -0.2) is 15.5 Å². The van der Waals surface area contributed by atoms with Gasteiger partial charge in [0.05, 0.1) is 11.0 Å². The van der Waals surface area contributed by atoms with Crippen LogP contribution in [0.4, 0.5) is 5.69 Å². The normalized spacial score (nSPS) is 10.6. The highest BCUT2D eigenvalue weighted by Crippen LogP contribution is 2.15. The van der Waals surface area contributed by atoms with E-state index >= 15 is 0 Å². The molecule has 5 nitrogen and oxygen atoms in total. The fraction of sp³-hybridized carbons (Fsp3) is 0.0625. The minimum Gasteiger partial charge on any atom is -0.320 e. The molecule has 0 aliphatic carbocycles. The van der Waals surface area contributed by atoms with E-state index in [4.69, 9.17) is 11.6 Å². The number of para-hydroxylation sites is 2. The molecule has 0 spiro atoms. The number of carbonyl (C=O) groups is 1. The summed E-state index contributed by atoms with van der Waals surface area (Å²) in [6.07, 6.45) is 0. The van der Waals surface area contributed by atoms with Gasteiger partial charge >= 0.3 is 0 Å². The molecule has 1 N–H and O–H groups in total. The summed E-state index contributed by atoms with van der Waals surface area (Å²) in [5.41, 5.74) is 1.17. The Morgan fingerprint density at radius 3 is 2.73 bits per heavy atom. The molecule has 0 fully saturated rings. The highest BCUT2D eigenvalue weighted by molar-refractivity contribution is 6.30. The summed E-state index contributed by atoms with van der Waals surface area (Å²) >= 11 is 5.88. The first-order valence-corrected chi connectivity index (χ1v) is 6.97. The van der Waals surface area contributed by atoms with E-state index in [0.29, 0.717) is 21.7 Å². The Morgan fingerprint density at radius 1 is 1.18 bits per heavy atom. The SMILES string of the molecule is Cn1c(=O)c(C(=O)Nc2cccc(Cl)c2)nc2ccccc21. The van der Waals surface area contributed by atoms with Gasteiger partial charge in [0.25, 0.3) is 11.5 Å². The Hall–Kier alpha value is -2.66. The lowest BCUT2D eigenvalue weighted by Crippen LogP contribution is -2.29. The van der Waals surface area contributed by atoms with E-state index in [2.05, 4.69) is 10.3 Å². The number of aryl methyl sites for hydroxylation is 1. The third-order valence-corrected chi connectivity index (χ3v) is 3.52. The van der Waals surface area contributed by atoms with Crippen LogP contribution in [0.5, 0.6) is 0 Å². The van der Waals surface area contributed by atoms with Crippen molar-refractivity contribution < 1.29 is 4.79 Å². The van der Waals surface area contributed by atoms with Crippen LogP contribution in [0.2, 0.25) is 5.02 Å². The first-order chi connectivity index (χ1) is 10.6. The number of nitrogens with zero attached hydrogens (tertiary/aromatic N) is 2. The number of halogens is 1. The van der Waals surface area contributed by atoms with Gasteiger partial charge in [0.15, 0.2) is 5.69 Å². The van der Waals surface area contributed by atoms with Crippen molar-refractivity contribution in [1.29, 1.82) is 0 Å². The fourth-order valence-electron chi connectivity index (χ4n) is 2.18. The maximum Gasteiger partial charge on any atom is 0.282 e. The molecule has 0 atom stereocenters. The van der Waals surface area contributed by atoms with Gasteiger partial charge in [-0.3, -0.25) is 9.59 Å². The Bertz CT molecular complexity index is 934. The van der Waals surface area contributed by atoms with E-state index in [1.165, 1.54) is 4.57 Å². The minimum absolute atomic E-state index is 0.152. The standard InChI is InChI=1S/C16H12ClN3O2/c1-20-13-8-3-2-7-12(13)19-14(16(20)22)15(21)18-11-6-4-5-10(17)9-11/h2-9H,1H3,(H,18,21). The number of nitrogens with one attached hydrogen (secondary N) is 1. The van der Waals surface area contributed by atoms with Gasteiger partial charge in [-0.2, -0.15) is 0 Å². The maximum absolute atomic E-state index is 12.3. The Kier molecular flexibility index (Phi) is 3.65. The van der Waals surface area contributed by atoms with E-state index in [1.807, 2.05) is 6.07 Å². The third-order valence-electron chi connectivity index (χ3n) is 3.28. The van der Waals surface area contributed by atoms with E-state index in [1.54, 1.807) is 49.5 Å². The molecule has 0 bridgehead atoms. The quantitative estimate of drug-likeness (QED) is 0.791. The van der Waals surface area contributed by atoms with Crippen molar-refractivity contribution in [1.82, 2.24) is 9.55 Å². The summed E-state index contributed by atoms with van der Waals surface area (Å²) < 4.78 is 1.41. The van der Waals surface area contributed by atoms with E-state index in [9.17, 15) is 9.59 Å². The van der Waals surface area contributed by atoms with E-state index < -0.39 is 11.5 Å². The summed E-state index contributed by atoms with van der Waals surface area (Å²) in [4.78, 5) is 28.8. The smallest absolute Gasteiger partial charge is 0.282 e. The molecule has 0 aliphatic rings. The second kappa shape index (κ2) is 5.61. The Labute approximate surface area is 131 Å². The summed E-state index contributed by atoms with van der Waals surface area (Å²) in [7, 11) is 1.61. The largest absolute Gasteiger partial charge is 0.320 e. The Balaban J connectivity index is 2.04. The first-order valence-electron chi connectivity index (χ1n) is 6.59. The maximum atomic E-state index is 12.3. The molecular formula is C16H12ClN3O2. The van der Waals surface area contributed by atoms with Crippen LogP contribution in [-0.2, 0) is 7.05 Å². The number of carbonyl (C=O) groups excluding carboxylic acids is 1. The zero-order valence-electron chi connectivity index (χ0n) is 11.7. The molecule has 0 saturated carbocycles. The van der Waals surface area contributed by atoms with Crippen molar-refractivity contribution in [3.05, 3.63) is 69.6 Å². The number of aromatic nitrogens is 2. The van der Waals surface area contributed by atoms with Crippen molar-refractivity contribution in [2.45, 2.75) is 0 Å². The molecule has 0 unspecified atom stereocenters. The highest BCUT2D eigenvalue weighted by Gasteiger charge is 2.16. The van der Waals surface area contributed by atoms with E-state index in [0.717, 1.165) is 0 Å². The molecule has 0 saturated heterocycles. The topological polar surface area (TPSA) is 64.0 Å². The van der Waals surface area contributed by atoms with Crippen LogP contribution in [0.1, 0.15) is 10.5 Å². The van der Waals surface area contributed by atoms with Gasteiger partial charge in [-0.15, -0.1) is 0 Å². The minimum atomic E-state index is -0.561.